The van der Waals surface area contributed by atoms with Crippen LogP contribution in [0.15, 0.2) is 29.2 Å². The minimum Gasteiger partial charge on any atom is -0.468 e. The van der Waals surface area contributed by atoms with Crippen LogP contribution in [0.1, 0.15) is 38.7 Å². The second kappa shape index (κ2) is 7.11. The van der Waals surface area contributed by atoms with Crippen LogP contribution in [-0.4, -0.2) is 44.9 Å². The van der Waals surface area contributed by atoms with E-state index in [1.807, 2.05) is 13.8 Å². The highest BCUT2D eigenvalue weighted by molar-refractivity contribution is 7.89. The van der Waals surface area contributed by atoms with Crippen molar-refractivity contribution in [2.24, 2.45) is 11.1 Å². The van der Waals surface area contributed by atoms with Gasteiger partial charge in [0, 0.05) is 19.1 Å². The molecule has 2 aliphatic rings. The van der Waals surface area contributed by atoms with Gasteiger partial charge >= 0.3 is 5.97 Å². The molecule has 1 heterocycles. The van der Waals surface area contributed by atoms with Gasteiger partial charge in [-0.15, -0.1) is 12.4 Å². The summed E-state index contributed by atoms with van der Waals surface area (Å²) >= 11 is 0. The van der Waals surface area contributed by atoms with Crippen molar-refractivity contribution < 1.29 is 17.9 Å². The first-order valence-electron chi connectivity index (χ1n) is 8.58. The Balaban J connectivity index is 0.00000243. The van der Waals surface area contributed by atoms with Crippen LogP contribution in [0.5, 0.6) is 0 Å². The van der Waals surface area contributed by atoms with Crippen LogP contribution in [0.4, 0.5) is 0 Å². The molecule has 1 aromatic carbocycles. The van der Waals surface area contributed by atoms with Gasteiger partial charge in [0.15, 0.2) is 0 Å². The zero-order chi connectivity index (χ0) is 18.5. The van der Waals surface area contributed by atoms with Crippen LogP contribution in [0.3, 0.4) is 0 Å². The number of carbonyl (C=O) groups excluding carboxylic acids is 1. The molecule has 1 aromatic rings. The van der Waals surface area contributed by atoms with Crippen LogP contribution in [-0.2, 0) is 25.0 Å². The number of nitrogens with zero attached hydrogens (tertiary/aromatic N) is 1. The molecular formula is C18H27ClN2O4S. The van der Waals surface area contributed by atoms with Crippen molar-refractivity contribution in [3.63, 3.8) is 0 Å². The van der Waals surface area contributed by atoms with Gasteiger partial charge in [-0.25, -0.2) is 8.42 Å². The predicted molar refractivity (Wildman–Crippen MR) is 102 cm³/mol. The van der Waals surface area contributed by atoms with E-state index in [-0.39, 0.29) is 34.7 Å². The molecule has 1 atom stereocenters. The first-order chi connectivity index (χ1) is 11.6. The third-order valence-electron chi connectivity index (χ3n) is 5.65. The monoisotopic (exact) mass is 402 g/mol. The summed E-state index contributed by atoms with van der Waals surface area (Å²) in [6, 6.07) is 6.65. The molecule has 8 heteroatoms. The van der Waals surface area contributed by atoms with Gasteiger partial charge in [0.05, 0.1) is 17.4 Å². The number of nitrogens with two attached hydrogens (primary N) is 1. The number of sulfonamides is 1. The molecule has 26 heavy (non-hydrogen) atoms. The molecule has 6 nitrogen and oxygen atoms in total. The molecule has 0 amide bonds. The first kappa shape index (κ1) is 21.2. The fourth-order valence-electron chi connectivity index (χ4n) is 3.56. The van der Waals surface area contributed by atoms with Crippen molar-refractivity contribution in [1.29, 1.82) is 0 Å². The highest BCUT2D eigenvalue weighted by Gasteiger charge is 2.52. The molecule has 1 unspecified atom stereocenters. The summed E-state index contributed by atoms with van der Waals surface area (Å²) < 4.78 is 32.3. The van der Waals surface area contributed by atoms with Crippen LogP contribution in [0, 0.1) is 5.41 Å². The maximum atomic E-state index is 12.9. The highest BCUT2D eigenvalue weighted by atomic mass is 35.5. The average molecular weight is 403 g/mol. The largest absolute Gasteiger partial charge is 0.468 e. The Labute approximate surface area is 161 Å². The van der Waals surface area contributed by atoms with Crippen molar-refractivity contribution in [2.45, 2.75) is 49.5 Å². The van der Waals surface area contributed by atoms with Crippen molar-refractivity contribution >= 4 is 28.4 Å². The Morgan fingerprint density at radius 1 is 1.23 bits per heavy atom. The number of piperidine rings is 1. The smallest absolute Gasteiger partial charge is 0.316 e. The summed E-state index contributed by atoms with van der Waals surface area (Å²) in [7, 11) is -2.18. The van der Waals surface area contributed by atoms with Crippen LogP contribution < -0.4 is 5.73 Å². The quantitative estimate of drug-likeness (QED) is 0.778. The van der Waals surface area contributed by atoms with Crippen molar-refractivity contribution in [3.05, 3.63) is 29.8 Å². The Morgan fingerprint density at radius 2 is 1.81 bits per heavy atom. The van der Waals surface area contributed by atoms with E-state index in [9.17, 15) is 13.2 Å². The van der Waals surface area contributed by atoms with Crippen LogP contribution in [0.25, 0.3) is 0 Å². The molecule has 1 aliphatic carbocycles. The molecular weight excluding hydrogens is 376 g/mol. The molecule has 2 fully saturated rings. The minimum absolute atomic E-state index is 0. The van der Waals surface area contributed by atoms with E-state index in [0.29, 0.717) is 19.5 Å². The number of rotatable bonds is 4. The van der Waals surface area contributed by atoms with E-state index in [4.69, 9.17) is 10.5 Å². The van der Waals surface area contributed by atoms with Crippen molar-refractivity contribution in [1.82, 2.24) is 4.31 Å². The third-order valence-corrected chi connectivity index (χ3v) is 7.51. The summed E-state index contributed by atoms with van der Waals surface area (Å²) in [4.78, 5) is 12.2. The summed E-state index contributed by atoms with van der Waals surface area (Å²) in [6.45, 7) is 4.83. The van der Waals surface area contributed by atoms with E-state index in [1.54, 1.807) is 24.3 Å². The lowest BCUT2D eigenvalue weighted by Crippen LogP contribution is -2.53. The Hall–Kier alpha value is -1.15. The highest BCUT2D eigenvalue weighted by Crippen LogP contribution is 2.49. The van der Waals surface area contributed by atoms with Gasteiger partial charge in [0.25, 0.3) is 0 Å². The Morgan fingerprint density at radius 3 is 2.27 bits per heavy atom. The van der Waals surface area contributed by atoms with E-state index in [2.05, 4.69) is 0 Å². The SMILES string of the molecule is COC(=O)C1(c2ccc(S(=O)(=O)N3CCC(N)C(C)(C)C3)cc2)CC1.Cl. The maximum absolute atomic E-state index is 12.9. The molecule has 146 valence electrons. The van der Waals surface area contributed by atoms with Gasteiger partial charge in [0.1, 0.15) is 0 Å². The van der Waals surface area contributed by atoms with E-state index in [0.717, 1.165) is 18.4 Å². The van der Waals surface area contributed by atoms with E-state index >= 15 is 0 Å². The molecule has 0 spiro atoms. The lowest BCUT2D eigenvalue weighted by Gasteiger charge is -2.41. The number of esters is 1. The summed E-state index contributed by atoms with van der Waals surface area (Å²) in [5.74, 6) is -0.255. The molecule has 0 radical (unpaired) electrons. The second-order valence-corrected chi connectivity index (χ2v) is 9.76. The standard InChI is InChI=1S/C18H26N2O4S.ClH/c1-17(2)12-20(11-8-15(17)19)25(22,23)14-6-4-13(5-7-14)18(9-10-18)16(21)24-3;/h4-7,15H,8-12,19H2,1-3H3;1H. The summed E-state index contributed by atoms with van der Waals surface area (Å²) in [6.07, 6.45) is 2.13. The van der Waals surface area contributed by atoms with E-state index in [1.165, 1.54) is 11.4 Å². The number of ether oxygens (including phenoxy) is 1. The minimum atomic E-state index is -3.56. The normalized spacial score (nSPS) is 24.4. The molecule has 2 N–H and O–H groups in total. The zero-order valence-electron chi connectivity index (χ0n) is 15.4. The van der Waals surface area contributed by atoms with Gasteiger partial charge in [-0.3, -0.25) is 4.79 Å². The second-order valence-electron chi connectivity index (χ2n) is 7.82. The van der Waals surface area contributed by atoms with Gasteiger partial charge in [-0.1, -0.05) is 26.0 Å². The maximum Gasteiger partial charge on any atom is 0.316 e. The van der Waals surface area contributed by atoms with Gasteiger partial charge < -0.3 is 10.5 Å². The lowest BCUT2D eigenvalue weighted by molar-refractivity contribution is -0.143. The van der Waals surface area contributed by atoms with Gasteiger partial charge in [-0.05, 0) is 42.4 Å². The molecule has 0 bridgehead atoms. The van der Waals surface area contributed by atoms with E-state index < -0.39 is 15.4 Å². The fourth-order valence-corrected chi connectivity index (χ4v) is 5.18. The van der Waals surface area contributed by atoms with Crippen LogP contribution in [0.2, 0.25) is 0 Å². The fraction of sp³-hybridized carbons (Fsp3) is 0.611. The average Bonchev–Trinajstić information content (AvgIpc) is 3.38. The number of carbonyl (C=O) groups is 1. The third kappa shape index (κ3) is 3.50. The summed E-state index contributed by atoms with van der Waals surface area (Å²) in [5, 5.41) is 0. The van der Waals surface area contributed by atoms with Gasteiger partial charge in [-0.2, -0.15) is 4.31 Å². The predicted octanol–water partition coefficient (Wildman–Crippen LogP) is 2.06. The molecule has 3 rings (SSSR count). The Bertz CT molecular complexity index is 773. The number of hydrogen-bond donors (Lipinski definition) is 1. The molecule has 1 saturated heterocycles. The number of benzene rings is 1. The number of halogens is 1. The Kier molecular flexibility index (Phi) is 5.78. The molecule has 1 saturated carbocycles. The zero-order valence-corrected chi connectivity index (χ0v) is 17.0. The van der Waals surface area contributed by atoms with Gasteiger partial charge in [0.2, 0.25) is 10.0 Å². The van der Waals surface area contributed by atoms with Crippen molar-refractivity contribution in [3.8, 4) is 0 Å². The molecule has 1 aliphatic heterocycles. The first-order valence-corrected chi connectivity index (χ1v) is 10.0. The number of hydrogen-bond acceptors (Lipinski definition) is 5. The summed E-state index contributed by atoms with van der Waals surface area (Å²) in [5.41, 5.74) is 6.08. The van der Waals surface area contributed by atoms with Crippen LogP contribution >= 0.6 is 12.4 Å². The lowest BCUT2D eigenvalue weighted by atomic mass is 9.81. The van der Waals surface area contributed by atoms with Crippen molar-refractivity contribution in [2.75, 3.05) is 20.2 Å². The number of methoxy groups -OCH3 is 1. The topological polar surface area (TPSA) is 89.7 Å². The molecule has 0 aromatic heterocycles.